The zero-order valence-electron chi connectivity index (χ0n) is 15.4. The van der Waals surface area contributed by atoms with E-state index in [-0.39, 0.29) is 0 Å². The second-order valence-electron chi connectivity index (χ2n) is 5.88. The first-order valence-electron chi connectivity index (χ1n) is 8.55. The molecule has 0 amide bonds. The van der Waals surface area contributed by atoms with Crippen LogP contribution in [0.1, 0.15) is 0 Å². The van der Waals surface area contributed by atoms with Gasteiger partial charge < -0.3 is 14.8 Å². The number of aromatic nitrogens is 5. The molecule has 0 atom stereocenters. The molecule has 0 saturated heterocycles. The summed E-state index contributed by atoms with van der Waals surface area (Å²) in [6, 6.07) is 13.1. The van der Waals surface area contributed by atoms with Crippen LogP contribution < -0.4 is 14.8 Å². The van der Waals surface area contributed by atoms with Crippen molar-refractivity contribution >= 4 is 11.5 Å². The Morgan fingerprint density at radius 2 is 1.75 bits per heavy atom. The van der Waals surface area contributed by atoms with Crippen molar-refractivity contribution in [1.29, 1.82) is 0 Å². The van der Waals surface area contributed by atoms with Crippen molar-refractivity contribution in [2.24, 2.45) is 0 Å². The third-order valence-electron chi connectivity index (χ3n) is 4.08. The topological polar surface area (TPSA) is 97.8 Å². The van der Waals surface area contributed by atoms with Gasteiger partial charge in [-0.25, -0.2) is 9.97 Å². The number of aromatic amines is 1. The number of hydrogen-bond donors (Lipinski definition) is 2. The van der Waals surface area contributed by atoms with Crippen LogP contribution in [-0.4, -0.2) is 39.4 Å². The van der Waals surface area contributed by atoms with Crippen LogP contribution in [0.15, 0.2) is 61.1 Å². The first-order valence-corrected chi connectivity index (χ1v) is 8.55. The van der Waals surface area contributed by atoms with Crippen molar-refractivity contribution in [2.45, 2.75) is 0 Å². The molecule has 0 radical (unpaired) electrons. The lowest BCUT2D eigenvalue weighted by Gasteiger charge is -2.12. The predicted molar refractivity (Wildman–Crippen MR) is 106 cm³/mol. The highest BCUT2D eigenvalue weighted by molar-refractivity contribution is 5.75. The number of rotatable bonds is 6. The average Bonchev–Trinajstić information content (AvgIpc) is 3.24. The molecule has 2 N–H and O–H groups in total. The van der Waals surface area contributed by atoms with E-state index in [1.165, 1.54) is 0 Å². The number of ether oxygens (including phenoxy) is 2. The summed E-state index contributed by atoms with van der Waals surface area (Å²) < 4.78 is 10.7. The Bertz CT molecular complexity index is 1060. The Morgan fingerprint density at radius 1 is 0.964 bits per heavy atom. The molecular formula is C20H18N6O2. The molecule has 0 fully saturated rings. The molecule has 8 heteroatoms. The summed E-state index contributed by atoms with van der Waals surface area (Å²) in [5.41, 5.74) is 2.40. The van der Waals surface area contributed by atoms with Crippen LogP contribution in [0.2, 0.25) is 0 Å². The SMILES string of the molecule is COc1cc(Nc2ncccc2-c2nc(-c3cccnc3)n[nH]2)cc(OC)c1. The number of anilines is 2. The Labute approximate surface area is 161 Å². The Morgan fingerprint density at radius 3 is 2.46 bits per heavy atom. The van der Waals surface area contributed by atoms with E-state index < -0.39 is 0 Å². The summed E-state index contributed by atoms with van der Waals surface area (Å²) in [5.74, 6) is 3.16. The number of benzene rings is 1. The lowest BCUT2D eigenvalue weighted by molar-refractivity contribution is 0.395. The monoisotopic (exact) mass is 374 g/mol. The number of hydrogen-bond acceptors (Lipinski definition) is 7. The van der Waals surface area contributed by atoms with E-state index in [2.05, 4.69) is 30.5 Å². The minimum absolute atomic E-state index is 0.570. The fraction of sp³-hybridized carbons (Fsp3) is 0.100. The van der Waals surface area contributed by atoms with Gasteiger partial charge >= 0.3 is 0 Å². The van der Waals surface area contributed by atoms with Gasteiger partial charge in [-0.05, 0) is 24.3 Å². The lowest BCUT2D eigenvalue weighted by atomic mass is 10.2. The van der Waals surface area contributed by atoms with E-state index in [0.717, 1.165) is 16.8 Å². The Hall–Kier alpha value is -3.94. The third-order valence-corrected chi connectivity index (χ3v) is 4.08. The Kier molecular flexibility index (Phi) is 4.83. The molecule has 3 heterocycles. The first kappa shape index (κ1) is 17.5. The largest absolute Gasteiger partial charge is 0.497 e. The maximum absolute atomic E-state index is 5.33. The van der Waals surface area contributed by atoms with E-state index in [9.17, 15) is 0 Å². The average molecular weight is 374 g/mol. The molecule has 4 aromatic rings. The highest BCUT2D eigenvalue weighted by Crippen LogP contribution is 2.31. The minimum atomic E-state index is 0.570. The van der Waals surface area contributed by atoms with Crippen LogP contribution in [-0.2, 0) is 0 Å². The molecule has 0 aliphatic heterocycles. The molecule has 140 valence electrons. The number of pyridine rings is 2. The normalized spacial score (nSPS) is 10.5. The number of methoxy groups -OCH3 is 2. The molecule has 0 aliphatic rings. The summed E-state index contributed by atoms with van der Waals surface area (Å²) >= 11 is 0. The molecule has 0 spiro atoms. The van der Waals surface area contributed by atoms with Crippen LogP contribution in [0.25, 0.3) is 22.8 Å². The van der Waals surface area contributed by atoms with E-state index in [0.29, 0.717) is 29.0 Å². The van der Waals surface area contributed by atoms with Crippen molar-refractivity contribution in [3.05, 3.63) is 61.1 Å². The van der Waals surface area contributed by atoms with Crippen LogP contribution in [0.3, 0.4) is 0 Å². The zero-order chi connectivity index (χ0) is 19.3. The summed E-state index contributed by atoms with van der Waals surface area (Å²) in [6.45, 7) is 0. The highest BCUT2D eigenvalue weighted by Gasteiger charge is 2.13. The van der Waals surface area contributed by atoms with Gasteiger partial charge in [0.1, 0.15) is 17.3 Å². The van der Waals surface area contributed by atoms with Gasteiger partial charge in [0.2, 0.25) is 0 Å². The van der Waals surface area contributed by atoms with Crippen molar-refractivity contribution in [1.82, 2.24) is 25.1 Å². The maximum atomic E-state index is 5.33. The van der Waals surface area contributed by atoms with E-state index in [4.69, 9.17) is 9.47 Å². The fourth-order valence-electron chi connectivity index (χ4n) is 2.72. The van der Waals surface area contributed by atoms with Gasteiger partial charge in [-0.2, -0.15) is 5.10 Å². The molecule has 0 bridgehead atoms. The van der Waals surface area contributed by atoms with Gasteiger partial charge in [0.15, 0.2) is 11.6 Å². The van der Waals surface area contributed by atoms with Crippen LogP contribution in [0.5, 0.6) is 11.5 Å². The smallest absolute Gasteiger partial charge is 0.183 e. The van der Waals surface area contributed by atoms with Crippen LogP contribution in [0, 0.1) is 0 Å². The number of H-pyrrole nitrogens is 1. The summed E-state index contributed by atoms with van der Waals surface area (Å²) in [4.78, 5) is 13.1. The zero-order valence-corrected chi connectivity index (χ0v) is 15.4. The van der Waals surface area contributed by atoms with Crippen molar-refractivity contribution in [3.8, 4) is 34.3 Å². The Balaban J connectivity index is 1.68. The molecule has 28 heavy (non-hydrogen) atoms. The number of nitrogens with one attached hydrogen (secondary N) is 2. The molecule has 0 unspecified atom stereocenters. The maximum Gasteiger partial charge on any atom is 0.183 e. The first-order chi connectivity index (χ1) is 13.8. The molecular weight excluding hydrogens is 356 g/mol. The van der Waals surface area contributed by atoms with Crippen LogP contribution >= 0.6 is 0 Å². The molecule has 3 aromatic heterocycles. The standard InChI is InChI=1S/C20H18N6O2/c1-27-15-9-14(10-16(11-15)28-2)23-19-17(6-4-8-22-19)20-24-18(25-26-20)13-5-3-7-21-12-13/h3-12H,1-2H3,(H,22,23)(H,24,25,26). The fourth-order valence-corrected chi connectivity index (χ4v) is 2.72. The van der Waals surface area contributed by atoms with Gasteiger partial charge in [-0.1, -0.05) is 0 Å². The quantitative estimate of drug-likeness (QED) is 0.531. The van der Waals surface area contributed by atoms with Gasteiger partial charge in [-0.3, -0.25) is 10.1 Å². The van der Waals surface area contributed by atoms with E-state index in [1.54, 1.807) is 38.9 Å². The van der Waals surface area contributed by atoms with Gasteiger partial charge in [-0.15, -0.1) is 0 Å². The second-order valence-corrected chi connectivity index (χ2v) is 5.88. The molecule has 4 rings (SSSR count). The lowest BCUT2D eigenvalue weighted by Crippen LogP contribution is -1.98. The van der Waals surface area contributed by atoms with E-state index >= 15 is 0 Å². The van der Waals surface area contributed by atoms with E-state index in [1.807, 2.05) is 36.4 Å². The van der Waals surface area contributed by atoms with Crippen LogP contribution in [0.4, 0.5) is 11.5 Å². The molecule has 0 saturated carbocycles. The second kappa shape index (κ2) is 7.75. The van der Waals surface area contributed by atoms with Crippen molar-refractivity contribution in [2.75, 3.05) is 19.5 Å². The minimum Gasteiger partial charge on any atom is -0.497 e. The number of nitrogens with zero attached hydrogens (tertiary/aromatic N) is 4. The van der Waals surface area contributed by atoms with Gasteiger partial charge in [0.05, 0.1) is 19.8 Å². The third kappa shape index (κ3) is 3.61. The summed E-state index contributed by atoms with van der Waals surface area (Å²) in [5, 5.41) is 10.6. The van der Waals surface area contributed by atoms with Gasteiger partial charge in [0, 0.05) is 48.0 Å². The molecule has 8 nitrogen and oxygen atoms in total. The van der Waals surface area contributed by atoms with Gasteiger partial charge in [0.25, 0.3) is 0 Å². The van der Waals surface area contributed by atoms with Crippen molar-refractivity contribution in [3.63, 3.8) is 0 Å². The molecule has 1 aromatic carbocycles. The summed E-state index contributed by atoms with van der Waals surface area (Å²) in [7, 11) is 3.22. The highest BCUT2D eigenvalue weighted by atomic mass is 16.5. The summed E-state index contributed by atoms with van der Waals surface area (Å²) in [6.07, 6.45) is 5.14. The van der Waals surface area contributed by atoms with Crippen molar-refractivity contribution < 1.29 is 9.47 Å². The molecule has 0 aliphatic carbocycles. The predicted octanol–water partition coefficient (Wildman–Crippen LogP) is 3.69.